The van der Waals surface area contributed by atoms with Gasteiger partial charge in [-0.15, -0.1) is 22.6 Å². The van der Waals surface area contributed by atoms with E-state index in [1.807, 2.05) is 17.8 Å². The molecule has 0 spiro atoms. The van der Waals surface area contributed by atoms with Crippen molar-refractivity contribution in [2.24, 2.45) is 13.0 Å². The van der Waals surface area contributed by atoms with Crippen molar-refractivity contribution >= 4 is 30.0 Å². The lowest BCUT2D eigenvalue weighted by molar-refractivity contribution is 0.0828. The molecule has 1 aliphatic carbocycles. The molecule has 186 valence electrons. The summed E-state index contributed by atoms with van der Waals surface area (Å²) in [6.07, 6.45) is 4.44. The van der Waals surface area contributed by atoms with E-state index in [0.29, 0.717) is 23.1 Å². The number of Topliss-reactive ketones (excluding diaryl/α,β-unsaturated/α-hetero) is 1. The molecule has 2 saturated heterocycles. The molecule has 1 aromatic carbocycles. The van der Waals surface area contributed by atoms with Gasteiger partial charge in [0.25, 0.3) is 0 Å². The van der Waals surface area contributed by atoms with E-state index in [0.717, 1.165) is 68.8 Å². The summed E-state index contributed by atoms with van der Waals surface area (Å²) in [5, 5.41) is 9.95. The SMILES string of the molecule is COc1ccc([C@@]23C[C@@H]2CN(CCCSc2nnc(C4CCOCC4)n2C)C3)cc1C(C)=O.Cl. The van der Waals surface area contributed by atoms with Gasteiger partial charge in [0.2, 0.25) is 0 Å². The summed E-state index contributed by atoms with van der Waals surface area (Å²) in [5.41, 5.74) is 2.23. The van der Waals surface area contributed by atoms with Crippen molar-refractivity contribution in [3.05, 3.63) is 35.2 Å². The highest BCUT2D eigenvalue weighted by Gasteiger charge is 2.60. The maximum atomic E-state index is 12.1. The molecule has 0 bridgehead atoms. The number of nitrogens with zero attached hydrogens (tertiary/aromatic N) is 4. The van der Waals surface area contributed by atoms with E-state index in [4.69, 9.17) is 9.47 Å². The molecule has 0 radical (unpaired) electrons. The summed E-state index contributed by atoms with van der Waals surface area (Å²) in [4.78, 5) is 14.7. The second-order valence-corrected chi connectivity index (χ2v) is 10.8. The number of carbonyl (C=O) groups excluding carboxylic acids is 1. The molecule has 2 atom stereocenters. The Hall–Kier alpha value is -1.61. The number of halogens is 1. The van der Waals surface area contributed by atoms with Crippen LogP contribution in [-0.4, -0.2) is 71.2 Å². The van der Waals surface area contributed by atoms with E-state index in [9.17, 15) is 4.79 Å². The third kappa shape index (κ3) is 4.87. The Balaban J connectivity index is 0.00000274. The van der Waals surface area contributed by atoms with Crippen LogP contribution in [0.3, 0.4) is 0 Å². The van der Waals surface area contributed by atoms with Gasteiger partial charge < -0.3 is 18.9 Å². The summed E-state index contributed by atoms with van der Waals surface area (Å²) < 4.78 is 13.0. The molecule has 34 heavy (non-hydrogen) atoms. The molecule has 3 heterocycles. The molecule has 3 fully saturated rings. The highest BCUT2D eigenvalue weighted by Crippen LogP contribution is 2.59. The molecule has 5 rings (SSSR count). The predicted molar refractivity (Wildman–Crippen MR) is 136 cm³/mol. The molecule has 3 aliphatic rings. The zero-order valence-electron chi connectivity index (χ0n) is 20.3. The van der Waals surface area contributed by atoms with E-state index >= 15 is 0 Å². The van der Waals surface area contributed by atoms with Crippen molar-refractivity contribution in [3.63, 3.8) is 0 Å². The number of methoxy groups -OCH3 is 1. The first-order chi connectivity index (χ1) is 16.0. The number of ketones is 1. The molecule has 9 heteroatoms. The summed E-state index contributed by atoms with van der Waals surface area (Å²) in [6, 6.07) is 6.20. The number of hydrogen-bond acceptors (Lipinski definition) is 7. The summed E-state index contributed by atoms with van der Waals surface area (Å²) in [7, 11) is 3.72. The fraction of sp³-hybridized carbons (Fsp3) is 0.640. The second kappa shape index (κ2) is 10.6. The lowest BCUT2D eigenvalue weighted by Crippen LogP contribution is -2.28. The Labute approximate surface area is 212 Å². The number of thioether (sulfide) groups is 1. The average Bonchev–Trinajstić information content (AvgIpc) is 3.21. The molecule has 7 nitrogen and oxygen atoms in total. The molecular formula is C25H35ClN4O3S. The lowest BCUT2D eigenvalue weighted by Gasteiger charge is -2.22. The smallest absolute Gasteiger partial charge is 0.190 e. The molecular weight excluding hydrogens is 472 g/mol. The zero-order chi connectivity index (χ0) is 23.0. The van der Waals surface area contributed by atoms with Crippen LogP contribution in [0.4, 0.5) is 0 Å². The number of piperidine rings is 1. The van der Waals surface area contributed by atoms with Gasteiger partial charge in [0, 0.05) is 50.4 Å². The molecule has 2 aromatic rings. The van der Waals surface area contributed by atoms with Crippen molar-refractivity contribution in [3.8, 4) is 5.75 Å². The van der Waals surface area contributed by atoms with Crippen LogP contribution >= 0.6 is 24.2 Å². The van der Waals surface area contributed by atoms with Crippen LogP contribution in [0.25, 0.3) is 0 Å². The number of aromatic nitrogens is 3. The Kier molecular flexibility index (Phi) is 7.92. The number of fused-ring (bicyclic) bond motifs is 1. The quantitative estimate of drug-likeness (QED) is 0.288. The van der Waals surface area contributed by atoms with Gasteiger partial charge in [-0.05, 0) is 62.8 Å². The standard InChI is InChI=1S/C25H34N4O3S.ClH/c1-17(30)21-13-19(5-6-22(21)31-3)25-14-20(25)15-29(16-25)9-4-12-33-24-27-26-23(28(24)2)18-7-10-32-11-8-18;/h5-6,13,18,20H,4,7-12,14-16H2,1-3H3;1H/t20-,25+;/m1./s1. The molecule has 0 unspecified atom stereocenters. The summed E-state index contributed by atoms with van der Waals surface area (Å²) in [6.45, 7) is 6.61. The highest BCUT2D eigenvalue weighted by molar-refractivity contribution is 7.99. The van der Waals surface area contributed by atoms with Crippen molar-refractivity contribution < 1.29 is 14.3 Å². The number of benzene rings is 1. The van der Waals surface area contributed by atoms with Gasteiger partial charge in [0.15, 0.2) is 10.9 Å². The maximum Gasteiger partial charge on any atom is 0.190 e. The van der Waals surface area contributed by atoms with Gasteiger partial charge in [0.05, 0.1) is 12.7 Å². The first-order valence-corrected chi connectivity index (χ1v) is 13.0. The van der Waals surface area contributed by atoms with Gasteiger partial charge in [-0.25, -0.2) is 0 Å². The van der Waals surface area contributed by atoms with Crippen LogP contribution in [0.2, 0.25) is 0 Å². The number of hydrogen-bond donors (Lipinski definition) is 0. The average molecular weight is 507 g/mol. The van der Waals surface area contributed by atoms with Gasteiger partial charge in [-0.2, -0.15) is 0 Å². The Morgan fingerprint density at radius 2 is 2.09 bits per heavy atom. The van der Waals surface area contributed by atoms with Crippen molar-refractivity contribution in [1.82, 2.24) is 19.7 Å². The van der Waals surface area contributed by atoms with Crippen LogP contribution in [0.15, 0.2) is 23.4 Å². The Bertz CT molecular complexity index is 1030. The van der Waals surface area contributed by atoms with Crippen molar-refractivity contribution in [2.75, 3.05) is 45.7 Å². The van der Waals surface area contributed by atoms with Crippen LogP contribution < -0.4 is 4.74 Å². The summed E-state index contributed by atoms with van der Waals surface area (Å²) >= 11 is 1.81. The molecule has 0 amide bonds. The fourth-order valence-electron chi connectivity index (χ4n) is 5.71. The van der Waals surface area contributed by atoms with Crippen molar-refractivity contribution in [2.45, 2.75) is 49.1 Å². The first-order valence-electron chi connectivity index (χ1n) is 12.0. The molecule has 1 aromatic heterocycles. The Morgan fingerprint density at radius 3 is 2.82 bits per heavy atom. The van der Waals surface area contributed by atoms with Gasteiger partial charge >= 0.3 is 0 Å². The number of rotatable bonds is 9. The fourth-order valence-corrected chi connectivity index (χ4v) is 6.55. The number of likely N-dealkylation sites (tertiary alicyclic amines) is 1. The maximum absolute atomic E-state index is 12.1. The minimum absolute atomic E-state index is 0. The van der Waals surface area contributed by atoms with Crippen LogP contribution in [0.5, 0.6) is 5.75 Å². The third-order valence-corrected chi connectivity index (χ3v) is 8.78. The second-order valence-electron chi connectivity index (χ2n) is 9.75. The van der Waals surface area contributed by atoms with Gasteiger partial charge in [-0.3, -0.25) is 4.79 Å². The van der Waals surface area contributed by atoms with Gasteiger partial charge in [0.1, 0.15) is 11.6 Å². The summed E-state index contributed by atoms with van der Waals surface area (Å²) in [5.74, 6) is 4.07. The molecule has 2 aliphatic heterocycles. The molecule has 0 N–H and O–H groups in total. The Morgan fingerprint density at radius 1 is 1.29 bits per heavy atom. The van der Waals surface area contributed by atoms with Crippen LogP contribution in [0.1, 0.15) is 60.3 Å². The van der Waals surface area contributed by atoms with E-state index < -0.39 is 0 Å². The van der Waals surface area contributed by atoms with E-state index in [1.54, 1.807) is 14.0 Å². The van der Waals surface area contributed by atoms with Gasteiger partial charge in [-0.1, -0.05) is 17.8 Å². The van der Waals surface area contributed by atoms with Crippen molar-refractivity contribution in [1.29, 1.82) is 0 Å². The highest BCUT2D eigenvalue weighted by atomic mass is 35.5. The number of carbonyl (C=O) groups is 1. The largest absolute Gasteiger partial charge is 0.496 e. The molecule has 1 saturated carbocycles. The van der Waals surface area contributed by atoms with E-state index in [1.165, 1.54) is 12.0 Å². The minimum atomic E-state index is 0. The monoisotopic (exact) mass is 506 g/mol. The topological polar surface area (TPSA) is 69.5 Å². The minimum Gasteiger partial charge on any atom is -0.496 e. The van der Waals surface area contributed by atoms with E-state index in [2.05, 4.69) is 38.8 Å². The van der Waals surface area contributed by atoms with Crippen LogP contribution in [0, 0.1) is 5.92 Å². The normalized spacial score (nSPS) is 24.5. The number of ether oxygens (including phenoxy) is 2. The third-order valence-electron chi connectivity index (χ3n) is 7.67. The van der Waals surface area contributed by atoms with E-state index in [-0.39, 0.29) is 23.6 Å². The predicted octanol–water partition coefficient (Wildman–Crippen LogP) is 4.10. The first kappa shape index (κ1) is 25.5. The van der Waals surface area contributed by atoms with Crippen LogP contribution in [-0.2, 0) is 17.2 Å². The lowest BCUT2D eigenvalue weighted by atomic mass is 9.92. The zero-order valence-corrected chi connectivity index (χ0v) is 21.9.